The van der Waals surface area contributed by atoms with Crippen LogP contribution in [0.4, 0.5) is 4.79 Å². The first-order chi connectivity index (χ1) is 18.3. The van der Waals surface area contributed by atoms with E-state index in [2.05, 4.69) is 21.6 Å². The molecule has 37 heavy (non-hydrogen) atoms. The molecule has 218 valence electrons. The van der Waals surface area contributed by atoms with Gasteiger partial charge >= 0.3 is 0 Å². The maximum atomic E-state index is 11.8. The molecule has 0 rings (SSSR count). The lowest BCUT2D eigenvalue weighted by Crippen LogP contribution is -2.17. The van der Waals surface area contributed by atoms with Gasteiger partial charge in [-0.15, -0.1) is 106 Å². The zero-order valence-corrected chi connectivity index (χ0v) is 29.2. The van der Waals surface area contributed by atoms with Crippen molar-refractivity contribution < 1.29 is 29.5 Å². The topological polar surface area (TPSA) is 111 Å². The van der Waals surface area contributed by atoms with Crippen molar-refractivity contribution in [3.8, 4) is 0 Å². The van der Waals surface area contributed by atoms with Gasteiger partial charge in [0.1, 0.15) is 11.9 Å². The van der Waals surface area contributed by atoms with Crippen molar-refractivity contribution in [3.05, 3.63) is 0 Å². The molecule has 0 aromatic carbocycles. The van der Waals surface area contributed by atoms with Gasteiger partial charge in [0.05, 0.1) is 23.6 Å². The van der Waals surface area contributed by atoms with E-state index in [-0.39, 0.29) is 11.2 Å². The first-order valence-corrected chi connectivity index (χ1v) is 22.8. The SMILES string of the molecule is CSCSC/N=C/OOCSCSCSCSC(=O)NCSCSCSC/N=C/OOCSCSCO. The van der Waals surface area contributed by atoms with Crippen LogP contribution in [0, 0.1) is 0 Å². The lowest BCUT2D eigenvalue weighted by atomic mass is 11.2. The van der Waals surface area contributed by atoms with Crippen LogP contribution >= 0.6 is 129 Å². The minimum Gasteiger partial charge on any atom is -0.386 e. The second-order valence-corrected chi connectivity index (χ2v) is 18.4. The fourth-order valence-electron chi connectivity index (χ4n) is 1.37. The number of rotatable bonds is 29. The summed E-state index contributed by atoms with van der Waals surface area (Å²) in [5.74, 6) is 2.86. The van der Waals surface area contributed by atoms with Crippen molar-refractivity contribution in [1.82, 2.24) is 5.32 Å². The molecule has 0 radical (unpaired) electrons. The van der Waals surface area contributed by atoms with Crippen LogP contribution in [0.5, 0.6) is 0 Å². The molecule has 0 fully saturated rings. The number of carbonyl (C=O) groups excluding carboxylic acids is 1. The van der Waals surface area contributed by atoms with E-state index in [1.807, 2.05) is 0 Å². The Kier molecular flexibility index (Phi) is 38.3. The molecule has 20 heteroatoms. The summed E-state index contributed by atoms with van der Waals surface area (Å²) in [4.78, 5) is 39.5. The number of aliphatic hydroxyl groups excluding tert-OH is 1. The van der Waals surface area contributed by atoms with E-state index in [0.29, 0.717) is 29.5 Å². The van der Waals surface area contributed by atoms with Crippen LogP contribution < -0.4 is 5.32 Å². The average molecular weight is 728 g/mol. The summed E-state index contributed by atoms with van der Waals surface area (Å²) in [7, 11) is 0. The van der Waals surface area contributed by atoms with Crippen LogP contribution in [0.1, 0.15) is 0 Å². The van der Waals surface area contributed by atoms with Crippen LogP contribution in [-0.4, -0.2) is 100 Å². The highest BCUT2D eigenvalue weighted by molar-refractivity contribution is 8.29. The average Bonchev–Trinajstić information content (AvgIpc) is 2.90. The van der Waals surface area contributed by atoms with Crippen molar-refractivity contribution in [1.29, 1.82) is 0 Å². The predicted octanol–water partition coefficient (Wildman–Crippen LogP) is 6.78. The maximum Gasteiger partial charge on any atom is 0.280 e. The molecular formula is C17H33N3O6S11. The maximum absolute atomic E-state index is 11.8. The van der Waals surface area contributed by atoms with Crippen LogP contribution in [0.15, 0.2) is 9.98 Å². The Morgan fingerprint density at radius 2 is 1.27 bits per heavy atom. The van der Waals surface area contributed by atoms with Gasteiger partial charge in [-0.05, 0) is 6.26 Å². The fraction of sp³-hybridized carbons (Fsp3) is 0.824. The minimum atomic E-state index is 0.0138. The highest BCUT2D eigenvalue weighted by Crippen LogP contribution is 2.22. The summed E-state index contributed by atoms with van der Waals surface area (Å²) in [5, 5.41) is 17.7. The van der Waals surface area contributed by atoms with Gasteiger partial charge in [-0.25, -0.2) is 9.98 Å². The number of hydrogen-bond acceptors (Lipinski definition) is 19. The van der Waals surface area contributed by atoms with Crippen LogP contribution in [0.2, 0.25) is 0 Å². The third kappa shape index (κ3) is 36.1. The first-order valence-electron chi connectivity index (χ1n) is 10.0. The highest BCUT2D eigenvalue weighted by Gasteiger charge is 2.02. The molecule has 0 heterocycles. The molecule has 2 N–H and O–H groups in total. The van der Waals surface area contributed by atoms with Crippen molar-refractivity contribution in [3.63, 3.8) is 0 Å². The zero-order valence-electron chi connectivity index (χ0n) is 20.2. The van der Waals surface area contributed by atoms with Crippen LogP contribution in [0.25, 0.3) is 0 Å². The summed E-state index contributed by atoms with van der Waals surface area (Å²) >= 11 is 18.0. The Hall–Kier alpha value is 2.14. The molecule has 0 saturated carbocycles. The van der Waals surface area contributed by atoms with E-state index in [1.165, 1.54) is 48.1 Å². The Morgan fingerprint density at radius 3 is 1.92 bits per heavy atom. The number of aliphatic imine (C=N–C) groups is 2. The molecule has 0 bridgehead atoms. The van der Waals surface area contributed by atoms with E-state index >= 15 is 0 Å². The number of nitrogens with zero attached hydrogens (tertiary/aromatic N) is 2. The van der Waals surface area contributed by atoms with Gasteiger partial charge in [-0.1, -0.05) is 11.8 Å². The van der Waals surface area contributed by atoms with Gasteiger partial charge in [0, 0.05) is 35.6 Å². The van der Waals surface area contributed by atoms with Crippen molar-refractivity contribution in [2.45, 2.75) is 0 Å². The molecule has 0 saturated heterocycles. The quantitative estimate of drug-likeness (QED) is 0.0211. The normalized spacial score (nSPS) is 11.5. The summed E-state index contributed by atoms with van der Waals surface area (Å²) < 4.78 is 0. The minimum absolute atomic E-state index is 0.0138. The summed E-state index contributed by atoms with van der Waals surface area (Å²) in [6.07, 6.45) is 4.70. The number of carbonyl (C=O) groups is 1. The molecule has 0 atom stereocenters. The Bertz CT molecular complexity index is 547. The van der Waals surface area contributed by atoms with E-state index in [0.717, 1.165) is 35.6 Å². The van der Waals surface area contributed by atoms with Crippen LogP contribution in [-0.2, 0) is 19.6 Å². The Morgan fingerprint density at radius 1 is 0.730 bits per heavy atom. The second kappa shape index (κ2) is 36.2. The second-order valence-electron chi connectivity index (χ2n) is 5.33. The van der Waals surface area contributed by atoms with Gasteiger partial charge in [0.2, 0.25) is 12.8 Å². The number of amides is 1. The molecule has 0 spiro atoms. The lowest BCUT2D eigenvalue weighted by molar-refractivity contribution is -0.196. The molecule has 0 aromatic heterocycles. The number of aliphatic hydroxyl groups is 1. The number of hydrogen-bond donors (Lipinski definition) is 2. The smallest absolute Gasteiger partial charge is 0.280 e. The van der Waals surface area contributed by atoms with Gasteiger partial charge in [-0.3, -0.25) is 4.79 Å². The molecule has 9 nitrogen and oxygen atoms in total. The third-order valence-corrected chi connectivity index (χ3v) is 14.2. The molecule has 0 aliphatic rings. The number of nitrogens with one attached hydrogen (secondary N) is 1. The van der Waals surface area contributed by atoms with Gasteiger partial charge < -0.3 is 20.2 Å². The van der Waals surface area contributed by atoms with Crippen molar-refractivity contribution in [2.24, 2.45) is 9.98 Å². The molecule has 0 aliphatic heterocycles. The van der Waals surface area contributed by atoms with Gasteiger partial charge in [-0.2, -0.15) is 21.5 Å². The van der Waals surface area contributed by atoms with Crippen molar-refractivity contribution >= 4 is 147 Å². The Labute approximate surface area is 267 Å². The first kappa shape index (κ1) is 39.1. The van der Waals surface area contributed by atoms with Gasteiger partial charge in [0.25, 0.3) is 5.24 Å². The molecule has 0 aliphatic carbocycles. The van der Waals surface area contributed by atoms with E-state index < -0.39 is 0 Å². The Balaban J connectivity index is 3.22. The molecular weight excluding hydrogens is 695 g/mol. The van der Waals surface area contributed by atoms with Crippen molar-refractivity contribution in [2.75, 3.05) is 77.3 Å². The van der Waals surface area contributed by atoms with E-state index in [1.54, 1.807) is 94.1 Å². The molecule has 0 unspecified atom stereocenters. The number of thioether (sulfide) groups is 11. The largest absolute Gasteiger partial charge is 0.386 e. The van der Waals surface area contributed by atoms with Crippen LogP contribution in [0.3, 0.4) is 0 Å². The fourth-order valence-corrected chi connectivity index (χ4v) is 10.7. The van der Waals surface area contributed by atoms with E-state index in [9.17, 15) is 4.79 Å². The summed E-state index contributed by atoms with van der Waals surface area (Å²) in [5.41, 5.74) is 0. The standard InChI is InChI=1S/C17H33N3O6S11/c1-27-10-28-4-18-2-23-26-9-33-14-35-15-36-16-37-17(22)20-6-30-12-34-11-29-5-19-3-24-25-8-32-13-31-7-21/h2-3,21H,4-16H2,1H3,(H,20,22)/b18-2+,19-3+. The summed E-state index contributed by atoms with van der Waals surface area (Å²) in [6, 6.07) is 0. The predicted molar refractivity (Wildman–Crippen MR) is 185 cm³/mol. The molecule has 1 amide bonds. The molecule has 0 aromatic rings. The zero-order chi connectivity index (χ0) is 26.9. The summed E-state index contributed by atoms with van der Waals surface area (Å²) in [6.45, 7) is 0. The lowest BCUT2D eigenvalue weighted by Gasteiger charge is -2.05. The third-order valence-electron chi connectivity index (χ3n) is 2.68. The highest BCUT2D eigenvalue weighted by atomic mass is 32.3. The van der Waals surface area contributed by atoms with E-state index in [4.69, 9.17) is 24.7 Å². The van der Waals surface area contributed by atoms with Gasteiger partial charge in [0.15, 0.2) is 0 Å². The monoisotopic (exact) mass is 727 g/mol.